The molecule has 4 atom stereocenters. The van der Waals surface area contributed by atoms with Gasteiger partial charge in [-0.15, -0.1) is 0 Å². The third-order valence-electron chi connectivity index (χ3n) is 2.09. The first-order valence-corrected chi connectivity index (χ1v) is 5.12. The lowest BCUT2D eigenvalue weighted by molar-refractivity contribution is -0.140. The van der Waals surface area contributed by atoms with Crippen LogP contribution >= 0.6 is 0 Å². The number of aliphatic carboxylic acids is 1. The zero-order valence-electron chi connectivity index (χ0n) is 9.95. The Morgan fingerprint density at radius 1 is 1.33 bits per heavy atom. The van der Waals surface area contributed by atoms with Crippen LogP contribution in [0, 0.1) is 0 Å². The molecule has 7 N–H and O–H groups in total. The zero-order valence-corrected chi connectivity index (χ0v) is 9.95. The van der Waals surface area contributed by atoms with Crippen LogP contribution in [0.4, 0.5) is 4.79 Å². The number of amides is 3. The third-order valence-corrected chi connectivity index (χ3v) is 2.09. The van der Waals surface area contributed by atoms with E-state index < -0.39 is 42.2 Å². The first kappa shape index (κ1) is 16.3. The van der Waals surface area contributed by atoms with Crippen LogP contribution in [0.15, 0.2) is 0 Å². The molecule has 0 bridgehead atoms. The maximum Gasteiger partial charge on any atom is 0.323 e. The highest BCUT2D eigenvalue weighted by atomic mass is 16.4. The number of urea groups is 1. The predicted octanol–water partition coefficient (Wildman–Crippen LogP) is -2.65. The molecule has 18 heavy (non-hydrogen) atoms. The molecule has 0 radical (unpaired) electrons. The summed E-state index contributed by atoms with van der Waals surface area (Å²) in [6, 6.07) is -2.49. The lowest BCUT2D eigenvalue weighted by Gasteiger charge is -2.08. The van der Waals surface area contributed by atoms with Gasteiger partial charge in [0.05, 0.1) is 12.2 Å². The van der Waals surface area contributed by atoms with Gasteiger partial charge in [-0.2, -0.15) is 0 Å². The molecule has 3 amide bonds. The Balaban J connectivity index is 0.000000331. The van der Waals surface area contributed by atoms with E-state index in [1.54, 1.807) is 0 Å². The van der Waals surface area contributed by atoms with Gasteiger partial charge in [-0.25, -0.2) is 4.79 Å². The van der Waals surface area contributed by atoms with Gasteiger partial charge in [-0.05, 0) is 13.8 Å². The van der Waals surface area contributed by atoms with Crippen molar-refractivity contribution in [2.24, 2.45) is 5.73 Å². The number of nitrogens with two attached hydrogens (primary N) is 1. The van der Waals surface area contributed by atoms with Crippen molar-refractivity contribution in [3.63, 3.8) is 0 Å². The fourth-order valence-corrected chi connectivity index (χ4v) is 0.979. The first-order chi connectivity index (χ1) is 8.16. The summed E-state index contributed by atoms with van der Waals surface area (Å²) in [5.41, 5.74) is 4.91. The normalized spacial score (nSPS) is 23.1. The average Bonchev–Trinajstić information content (AvgIpc) is 2.57. The van der Waals surface area contributed by atoms with E-state index in [-0.39, 0.29) is 0 Å². The number of aliphatic hydroxyl groups is 2. The minimum Gasteiger partial charge on any atom is -0.480 e. The minimum absolute atomic E-state index is 0.472. The second-order valence-electron chi connectivity index (χ2n) is 3.79. The van der Waals surface area contributed by atoms with Crippen LogP contribution in [0.25, 0.3) is 0 Å². The van der Waals surface area contributed by atoms with Gasteiger partial charge in [-0.1, -0.05) is 0 Å². The summed E-state index contributed by atoms with van der Waals surface area (Å²) in [6.07, 6.45) is -1.82. The van der Waals surface area contributed by atoms with Crippen LogP contribution in [0.1, 0.15) is 13.8 Å². The average molecular weight is 263 g/mol. The zero-order chi connectivity index (χ0) is 14.5. The molecule has 0 spiro atoms. The highest BCUT2D eigenvalue weighted by Crippen LogP contribution is 1.97. The summed E-state index contributed by atoms with van der Waals surface area (Å²) >= 11 is 0. The molecule has 1 aliphatic heterocycles. The molecule has 1 saturated heterocycles. The van der Waals surface area contributed by atoms with Crippen LogP contribution in [-0.2, 0) is 9.59 Å². The van der Waals surface area contributed by atoms with E-state index in [1.807, 2.05) is 5.32 Å². The van der Waals surface area contributed by atoms with Gasteiger partial charge in [-0.3, -0.25) is 14.9 Å². The topological polar surface area (TPSA) is 162 Å². The summed E-state index contributed by atoms with van der Waals surface area (Å²) in [7, 11) is 0. The number of rotatable bonds is 3. The molecule has 0 aromatic heterocycles. The van der Waals surface area contributed by atoms with Crippen LogP contribution in [-0.4, -0.2) is 57.5 Å². The molecule has 0 aromatic carbocycles. The van der Waals surface area contributed by atoms with Gasteiger partial charge < -0.3 is 26.4 Å². The lowest BCUT2D eigenvalue weighted by Crippen LogP contribution is -2.39. The molecule has 2 unspecified atom stereocenters. The summed E-state index contributed by atoms with van der Waals surface area (Å²) in [4.78, 5) is 30.9. The van der Waals surface area contributed by atoms with Crippen molar-refractivity contribution in [1.29, 1.82) is 0 Å². The minimum atomic E-state index is -1.18. The van der Waals surface area contributed by atoms with Crippen molar-refractivity contribution < 1.29 is 29.7 Å². The number of hydrogen-bond acceptors (Lipinski definition) is 6. The largest absolute Gasteiger partial charge is 0.480 e. The SMILES string of the molecule is CC(O)C1NC(=O)NC1=O.C[C@H](O)[C@@H](N)C(=O)O. The monoisotopic (exact) mass is 263 g/mol. The quantitative estimate of drug-likeness (QED) is 0.303. The second kappa shape index (κ2) is 6.89. The number of aliphatic hydroxyl groups excluding tert-OH is 2. The number of carbonyl (C=O) groups is 3. The smallest absolute Gasteiger partial charge is 0.323 e. The van der Waals surface area contributed by atoms with Crippen LogP contribution in [0.3, 0.4) is 0 Å². The van der Waals surface area contributed by atoms with E-state index >= 15 is 0 Å². The van der Waals surface area contributed by atoms with E-state index in [1.165, 1.54) is 13.8 Å². The fraction of sp³-hybridized carbons (Fsp3) is 0.667. The van der Waals surface area contributed by atoms with Gasteiger partial charge in [0, 0.05) is 0 Å². The molecule has 1 rings (SSSR count). The van der Waals surface area contributed by atoms with E-state index in [2.05, 4.69) is 5.32 Å². The number of imide groups is 1. The van der Waals surface area contributed by atoms with Crippen molar-refractivity contribution in [2.75, 3.05) is 0 Å². The fourth-order valence-electron chi connectivity index (χ4n) is 0.979. The Morgan fingerprint density at radius 2 is 1.83 bits per heavy atom. The van der Waals surface area contributed by atoms with E-state index in [0.29, 0.717) is 0 Å². The third kappa shape index (κ3) is 5.08. The number of carboxylic acids is 1. The molecular weight excluding hydrogens is 246 g/mol. The van der Waals surface area contributed by atoms with Gasteiger partial charge in [0.25, 0.3) is 5.91 Å². The van der Waals surface area contributed by atoms with Crippen molar-refractivity contribution >= 4 is 17.9 Å². The van der Waals surface area contributed by atoms with Crippen molar-refractivity contribution in [3.8, 4) is 0 Å². The maximum absolute atomic E-state index is 10.7. The molecule has 1 fully saturated rings. The van der Waals surface area contributed by atoms with Crippen molar-refractivity contribution in [2.45, 2.75) is 38.1 Å². The van der Waals surface area contributed by atoms with Crippen LogP contribution < -0.4 is 16.4 Å². The number of carboxylic acid groups (broad SMARTS) is 1. The Labute approximate surface area is 103 Å². The predicted molar refractivity (Wildman–Crippen MR) is 59.4 cm³/mol. The first-order valence-electron chi connectivity index (χ1n) is 5.12. The van der Waals surface area contributed by atoms with Gasteiger partial charge in [0.2, 0.25) is 0 Å². The van der Waals surface area contributed by atoms with Crippen LogP contribution in [0.2, 0.25) is 0 Å². The van der Waals surface area contributed by atoms with Crippen LogP contribution in [0.5, 0.6) is 0 Å². The lowest BCUT2D eigenvalue weighted by atomic mass is 10.2. The number of carbonyl (C=O) groups excluding carboxylic acids is 2. The Morgan fingerprint density at radius 3 is 1.94 bits per heavy atom. The molecule has 0 saturated carbocycles. The summed E-state index contributed by atoms with van der Waals surface area (Å²) in [5.74, 6) is -1.65. The number of hydrogen-bond donors (Lipinski definition) is 6. The van der Waals surface area contributed by atoms with E-state index in [0.717, 1.165) is 0 Å². The Hall–Kier alpha value is -1.71. The van der Waals surface area contributed by atoms with Gasteiger partial charge in [0.15, 0.2) is 0 Å². The van der Waals surface area contributed by atoms with Gasteiger partial charge >= 0.3 is 12.0 Å². The van der Waals surface area contributed by atoms with Gasteiger partial charge in [0.1, 0.15) is 12.1 Å². The second-order valence-corrected chi connectivity index (χ2v) is 3.79. The van der Waals surface area contributed by atoms with E-state index in [9.17, 15) is 14.4 Å². The highest BCUT2D eigenvalue weighted by molar-refractivity contribution is 6.04. The summed E-state index contributed by atoms with van der Waals surface area (Å²) in [5, 5.41) is 29.7. The van der Waals surface area contributed by atoms with Crippen molar-refractivity contribution in [3.05, 3.63) is 0 Å². The molecule has 9 nitrogen and oxygen atoms in total. The molecule has 0 aromatic rings. The Kier molecular flexibility index (Phi) is 6.23. The molecule has 1 heterocycles. The molecule has 104 valence electrons. The Bertz CT molecular complexity index is 330. The molecule has 9 heteroatoms. The highest BCUT2D eigenvalue weighted by Gasteiger charge is 2.32. The standard InChI is InChI=1S/C5H8N2O3.C4H9NO3/c1-2(8)3-4(9)7-5(10)6-3;1-2(6)3(5)4(7)8/h2-3,8H,1H3,(H2,6,7,9,10);2-3,6H,5H2,1H3,(H,7,8)/t;2-,3+/m.0/s1. The number of nitrogens with one attached hydrogen (secondary N) is 2. The van der Waals surface area contributed by atoms with Crippen molar-refractivity contribution in [1.82, 2.24) is 10.6 Å². The van der Waals surface area contributed by atoms with E-state index in [4.69, 9.17) is 21.1 Å². The summed E-state index contributed by atoms with van der Waals surface area (Å²) in [6.45, 7) is 2.77. The maximum atomic E-state index is 10.7. The molecular formula is C9H17N3O6. The summed E-state index contributed by atoms with van der Waals surface area (Å²) < 4.78 is 0. The molecule has 1 aliphatic rings. The molecule has 0 aliphatic carbocycles.